The van der Waals surface area contributed by atoms with E-state index >= 15 is 0 Å². The molecule has 26 heavy (non-hydrogen) atoms. The predicted molar refractivity (Wildman–Crippen MR) is 104 cm³/mol. The van der Waals surface area contributed by atoms with Crippen molar-refractivity contribution in [1.29, 1.82) is 0 Å². The molecule has 3 aromatic rings. The van der Waals surface area contributed by atoms with Crippen LogP contribution in [-0.4, -0.2) is 19.3 Å². The second-order valence-corrected chi connectivity index (χ2v) is 9.10. The Morgan fingerprint density at radius 1 is 1.31 bits per heavy atom. The lowest BCUT2D eigenvalue weighted by atomic mass is 10.1. The minimum absolute atomic E-state index is 0.0183. The van der Waals surface area contributed by atoms with Gasteiger partial charge >= 0.3 is 0 Å². The molecule has 1 unspecified atom stereocenters. The van der Waals surface area contributed by atoms with Gasteiger partial charge in [-0.2, -0.15) is 11.3 Å². The average Bonchev–Trinajstić information content (AvgIpc) is 3.23. The van der Waals surface area contributed by atoms with Crippen LogP contribution in [0.2, 0.25) is 0 Å². The molecule has 0 saturated heterocycles. The van der Waals surface area contributed by atoms with Crippen LogP contribution in [0.3, 0.4) is 0 Å². The van der Waals surface area contributed by atoms with Gasteiger partial charge in [-0.25, -0.2) is 18.5 Å². The maximum atomic E-state index is 12.6. The van der Waals surface area contributed by atoms with Crippen LogP contribution in [0.4, 0.5) is 0 Å². The van der Waals surface area contributed by atoms with Gasteiger partial charge in [0.05, 0.1) is 16.6 Å². The van der Waals surface area contributed by atoms with E-state index in [0.29, 0.717) is 16.1 Å². The molecule has 0 aliphatic heterocycles. The van der Waals surface area contributed by atoms with E-state index in [1.807, 2.05) is 16.8 Å². The monoisotopic (exact) mass is 407 g/mol. The normalized spacial score (nSPS) is 12.7. The second kappa shape index (κ2) is 7.28. The Morgan fingerprint density at radius 2 is 2.08 bits per heavy atom. The Kier molecular flexibility index (Phi) is 5.24. The zero-order valence-corrected chi connectivity index (χ0v) is 16.5. The number of carbonyl (C=O) groups is 1. The molecule has 136 valence electrons. The number of primary sulfonamides is 1. The molecule has 2 aromatic heterocycles. The lowest BCUT2D eigenvalue weighted by molar-refractivity contribution is 0.0943. The SMILES string of the molecule is Cc1nc(-c2ccsc2)sc1C(=O)NC(C)c1cccc(S(N)(=O)=O)c1. The summed E-state index contributed by atoms with van der Waals surface area (Å²) in [7, 11) is -3.79. The van der Waals surface area contributed by atoms with Crippen LogP contribution in [0.1, 0.15) is 33.9 Å². The molecule has 1 amide bonds. The third kappa shape index (κ3) is 4.01. The Bertz CT molecular complexity index is 1040. The minimum Gasteiger partial charge on any atom is -0.345 e. The fourth-order valence-corrected chi connectivity index (χ4v) is 4.67. The van der Waals surface area contributed by atoms with Gasteiger partial charge < -0.3 is 5.32 Å². The molecule has 6 nitrogen and oxygen atoms in total. The highest BCUT2D eigenvalue weighted by Gasteiger charge is 2.19. The molecule has 0 spiro atoms. The third-order valence-corrected chi connectivity index (χ3v) is 6.60. The highest BCUT2D eigenvalue weighted by molar-refractivity contribution is 7.89. The Labute approximate surface area is 159 Å². The van der Waals surface area contributed by atoms with Crippen LogP contribution in [0.25, 0.3) is 10.6 Å². The Balaban J connectivity index is 1.80. The highest BCUT2D eigenvalue weighted by atomic mass is 32.2. The predicted octanol–water partition coefficient (Wildman–Crippen LogP) is 3.32. The number of aromatic nitrogens is 1. The van der Waals surface area contributed by atoms with Crippen molar-refractivity contribution in [2.45, 2.75) is 24.8 Å². The van der Waals surface area contributed by atoms with Gasteiger partial charge in [-0.15, -0.1) is 11.3 Å². The maximum Gasteiger partial charge on any atom is 0.263 e. The first-order valence-electron chi connectivity index (χ1n) is 7.69. The van der Waals surface area contributed by atoms with Gasteiger partial charge in [-0.3, -0.25) is 4.79 Å². The van der Waals surface area contributed by atoms with Crippen LogP contribution in [0, 0.1) is 6.92 Å². The largest absolute Gasteiger partial charge is 0.345 e. The van der Waals surface area contributed by atoms with Gasteiger partial charge in [0.2, 0.25) is 10.0 Å². The van der Waals surface area contributed by atoms with Gasteiger partial charge in [0, 0.05) is 10.9 Å². The number of sulfonamides is 1. The molecule has 3 N–H and O–H groups in total. The van der Waals surface area contributed by atoms with Crippen molar-refractivity contribution in [2.75, 3.05) is 0 Å². The molecule has 2 heterocycles. The summed E-state index contributed by atoms with van der Waals surface area (Å²) in [6.07, 6.45) is 0. The Hall–Kier alpha value is -2.07. The van der Waals surface area contributed by atoms with Crippen molar-refractivity contribution in [3.8, 4) is 10.6 Å². The van der Waals surface area contributed by atoms with E-state index in [1.165, 1.54) is 23.5 Å². The first kappa shape index (κ1) is 18.7. The topological polar surface area (TPSA) is 102 Å². The first-order chi connectivity index (χ1) is 12.3. The number of aryl methyl sites for hydroxylation is 1. The summed E-state index contributed by atoms with van der Waals surface area (Å²) >= 11 is 2.91. The number of carbonyl (C=O) groups excluding carboxylic acids is 1. The summed E-state index contributed by atoms with van der Waals surface area (Å²) in [5.41, 5.74) is 2.32. The number of thiazole rings is 1. The summed E-state index contributed by atoms with van der Waals surface area (Å²) in [6.45, 7) is 3.59. The van der Waals surface area contributed by atoms with Crippen LogP contribution in [0.15, 0.2) is 46.0 Å². The first-order valence-corrected chi connectivity index (χ1v) is 11.0. The summed E-state index contributed by atoms with van der Waals surface area (Å²) < 4.78 is 23.0. The van der Waals surface area contributed by atoms with Gasteiger partial charge in [0.25, 0.3) is 5.91 Å². The summed E-state index contributed by atoms with van der Waals surface area (Å²) in [5, 5.41) is 12.8. The fourth-order valence-electron chi connectivity index (χ4n) is 2.42. The second-order valence-electron chi connectivity index (χ2n) is 5.76. The van der Waals surface area contributed by atoms with Crippen LogP contribution >= 0.6 is 22.7 Å². The zero-order valence-electron chi connectivity index (χ0n) is 14.1. The molecule has 3 rings (SSSR count). The molecule has 9 heteroatoms. The Morgan fingerprint density at radius 3 is 2.73 bits per heavy atom. The molecule has 0 bridgehead atoms. The molecule has 0 fully saturated rings. The van der Waals surface area contributed by atoms with Crippen molar-refractivity contribution >= 4 is 38.6 Å². The van der Waals surface area contributed by atoms with E-state index in [2.05, 4.69) is 10.3 Å². The third-order valence-electron chi connectivity index (χ3n) is 3.81. The number of hydrogen-bond acceptors (Lipinski definition) is 6. The van der Waals surface area contributed by atoms with E-state index in [0.717, 1.165) is 10.6 Å². The van der Waals surface area contributed by atoms with Crippen LogP contribution in [-0.2, 0) is 10.0 Å². The summed E-state index contributed by atoms with van der Waals surface area (Å²) in [4.78, 5) is 17.7. The average molecular weight is 408 g/mol. The summed E-state index contributed by atoms with van der Waals surface area (Å²) in [5.74, 6) is -0.241. The van der Waals surface area contributed by atoms with Gasteiger partial charge in [-0.05, 0) is 43.0 Å². The maximum absolute atomic E-state index is 12.6. The number of nitrogens with two attached hydrogens (primary N) is 1. The standard InChI is InChI=1S/C17H17N3O3S3/c1-10(12-4-3-5-14(8-12)26(18,22)23)19-16(21)15-11(2)20-17(25-15)13-6-7-24-9-13/h3-10H,1-2H3,(H,19,21)(H2,18,22,23). The number of thiophene rings is 1. The van der Waals surface area contributed by atoms with Crippen molar-refractivity contribution in [1.82, 2.24) is 10.3 Å². The number of rotatable bonds is 5. The van der Waals surface area contributed by atoms with Crippen LogP contribution in [0.5, 0.6) is 0 Å². The van der Waals surface area contributed by atoms with E-state index < -0.39 is 10.0 Å². The molecule has 1 aromatic carbocycles. The molecule has 0 aliphatic carbocycles. The van der Waals surface area contributed by atoms with Crippen molar-refractivity contribution in [3.63, 3.8) is 0 Å². The molecule has 0 radical (unpaired) electrons. The lowest BCUT2D eigenvalue weighted by Gasteiger charge is -2.14. The smallest absolute Gasteiger partial charge is 0.263 e. The van der Waals surface area contributed by atoms with E-state index in [-0.39, 0.29) is 16.8 Å². The fraction of sp³-hybridized carbons (Fsp3) is 0.176. The van der Waals surface area contributed by atoms with Gasteiger partial charge in [0.15, 0.2) is 0 Å². The lowest BCUT2D eigenvalue weighted by Crippen LogP contribution is -2.26. The molecule has 0 aliphatic rings. The van der Waals surface area contributed by atoms with Gasteiger partial charge in [0.1, 0.15) is 9.88 Å². The van der Waals surface area contributed by atoms with Crippen LogP contribution < -0.4 is 10.5 Å². The highest BCUT2D eigenvalue weighted by Crippen LogP contribution is 2.29. The molecule has 1 atom stereocenters. The summed E-state index contributed by atoms with van der Waals surface area (Å²) in [6, 6.07) is 7.83. The van der Waals surface area contributed by atoms with E-state index in [9.17, 15) is 13.2 Å². The number of benzene rings is 1. The number of amides is 1. The molecular formula is C17H17N3O3S3. The van der Waals surface area contributed by atoms with Gasteiger partial charge in [-0.1, -0.05) is 12.1 Å². The quantitative estimate of drug-likeness (QED) is 0.677. The molecular weight excluding hydrogens is 390 g/mol. The van der Waals surface area contributed by atoms with Crippen molar-refractivity contribution < 1.29 is 13.2 Å². The minimum atomic E-state index is -3.79. The number of nitrogens with one attached hydrogen (secondary N) is 1. The van der Waals surface area contributed by atoms with E-state index in [1.54, 1.807) is 37.3 Å². The number of nitrogens with zero attached hydrogens (tertiary/aromatic N) is 1. The zero-order chi connectivity index (χ0) is 18.9. The van der Waals surface area contributed by atoms with Crippen molar-refractivity contribution in [3.05, 3.63) is 57.2 Å². The van der Waals surface area contributed by atoms with E-state index in [4.69, 9.17) is 5.14 Å². The number of hydrogen-bond donors (Lipinski definition) is 2. The molecule has 0 saturated carbocycles. The van der Waals surface area contributed by atoms with Crippen molar-refractivity contribution in [2.24, 2.45) is 5.14 Å².